The van der Waals surface area contributed by atoms with E-state index in [-0.39, 0.29) is 10.3 Å². The molecule has 15 heavy (non-hydrogen) atoms. The third-order valence-corrected chi connectivity index (χ3v) is 3.30. The fourth-order valence-corrected chi connectivity index (χ4v) is 2.35. The molecule has 0 amide bonds. The molecular formula is C10H14ClNO2S. The zero-order chi connectivity index (χ0) is 11.9. The first kappa shape index (κ1) is 12.5. The van der Waals surface area contributed by atoms with Crippen LogP contribution in [0.5, 0.6) is 0 Å². The van der Waals surface area contributed by atoms with Gasteiger partial charge in [-0.2, -0.15) is 0 Å². The smallest absolute Gasteiger partial charge is 0.225 e. The Morgan fingerprint density at radius 3 is 2.13 bits per heavy atom. The highest BCUT2D eigenvalue weighted by Crippen LogP contribution is 2.30. The maximum atomic E-state index is 11.1. The van der Waals surface area contributed by atoms with Crippen molar-refractivity contribution in [1.29, 1.82) is 0 Å². The van der Waals surface area contributed by atoms with E-state index in [1.54, 1.807) is 6.07 Å². The van der Waals surface area contributed by atoms with Gasteiger partial charge >= 0.3 is 0 Å². The lowest BCUT2D eigenvalue weighted by atomic mass is 9.87. The number of benzene rings is 1. The maximum Gasteiger partial charge on any atom is 0.238 e. The number of halogens is 1. The fraction of sp³-hybridized carbons (Fsp3) is 0.400. The van der Waals surface area contributed by atoms with E-state index in [1.165, 1.54) is 12.1 Å². The van der Waals surface area contributed by atoms with E-state index in [0.29, 0.717) is 5.02 Å². The molecule has 2 N–H and O–H groups in total. The first-order valence-corrected chi connectivity index (χ1v) is 6.37. The summed E-state index contributed by atoms with van der Waals surface area (Å²) < 4.78 is 22.1. The van der Waals surface area contributed by atoms with Crippen molar-refractivity contribution >= 4 is 21.6 Å². The third-order valence-electron chi connectivity index (χ3n) is 2.08. The van der Waals surface area contributed by atoms with Crippen molar-refractivity contribution in [3.8, 4) is 0 Å². The van der Waals surface area contributed by atoms with Crippen LogP contribution in [0.15, 0.2) is 23.1 Å². The van der Waals surface area contributed by atoms with Gasteiger partial charge in [-0.3, -0.25) is 0 Å². The van der Waals surface area contributed by atoms with Gasteiger partial charge in [0.1, 0.15) is 0 Å². The third kappa shape index (κ3) is 2.93. The Hall–Kier alpha value is -0.580. The molecule has 3 nitrogen and oxygen atoms in total. The fourth-order valence-electron chi connectivity index (χ4n) is 1.28. The van der Waals surface area contributed by atoms with Crippen LogP contribution in [0.3, 0.4) is 0 Å². The molecular weight excluding hydrogens is 234 g/mol. The zero-order valence-corrected chi connectivity index (χ0v) is 10.5. The number of hydrogen-bond acceptors (Lipinski definition) is 2. The Bertz CT molecular complexity index is 475. The Morgan fingerprint density at radius 1 is 1.27 bits per heavy atom. The van der Waals surface area contributed by atoms with Crippen molar-refractivity contribution in [2.45, 2.75) is 31.1 Å². The normalized spacial score (nSPS) is 12.9. The molecule has 0 aliphatic heterocycles. The minimum absolute atomic E-state index is 0.0421. The molecule has 1 aromatic rings. The lowest BCUT2D eigenvalue weighted by molar-refractivity contribution is 0.587. The monoisotopic (exact) mass is 247 g/mol. The van der Waals surface area contributed by atoms with Gasteiger partial charge in [-0.1, -0.05) is 38.4 Å². The number of hydrogen-bond donors (Lipinski definition) is 1. The molecule has 0 heterocycles. The van der Waals surface area contributed by atoms with Gasteiger partial charge in [0.15, 0.2) is 0 Å². The van der Waals surface area contributed by atoms with E-state index in [0.717, 1.165) is 5.56 Å². The molecule has 0 aliphatic carbocycles. The van der Waals surface area contributed by atoms with Crippen molar-refractivity contribution in [2.24, 2.45) is 5.14 Å². The van der Waals surface area contributed by atoms with Gasteiger partial charge in [-0.05, 0) is 23.1 Å². The van der Waals surface area contributed by atoms with Gasteiger partial charge in [0.2, 0.25) is 10.0 Å². The van der Waals surface area contributed by atoms with Crippen molar-refractivity contribution < 1.29 is 8.42 Å². The molecule has 0 saturated carbocycles. The van der Waals surface area contributed by atoms with Crippen LogP contribution in [0.1, 0.15) is 26.3 Å². The molecule has 5 heteroatoms. The number of rotatable bonds is 1. The van der Waals surface area contributed by atoms with Crippen molar-refractivity contribution in [3.63, 3.8) is 0 Å². The topological polar surface area (TPSA) is 60.2 Å². The molecule has 0 spiro atoms. The van der Waals surface area contributed by atoms with Gasteiger partial charge in [0.05, 0.1) is 4.90 Å². The highest BCUT2D eigenvalue weighted by Gasteiger charge is 2.19. The minimum Gasteiger partial charge on any atom is -0.225 e. The van der Waals surface area contributed by atoms with Crippen LogP contribution < -0.4 is 5.14 Å². The van der Waals surface area contributed by atoms with Crippen LogP contribution in [-0.2, 0) is 15.4 Å². The molecule has 0 radical (unpaired) electrons. The Labute approximate surface area is 95.3 Å². The molecule has 0 saturated heterocycles. The van der Waals surface area contributed by atoms with Crippen LogP contribution in [0.25, 0.3) is 0 Å². The zero-order valence-electron chi connectivity index (χ0n) is 8.91. The van der Waals surface area contributed by atoms with Gasteiger partial charge in [-0.15, -0.1) is 0 Å². The Kier molecular flexibility index (Phi) is 3.14. The standard InChI is InChI=1S/C10H14ClNO2S/c1-10(2,3)8-5-4-7(6-9(8)11)15(12,13)14/h4-6H,1-3H3,(H2,12,13,14). The first-order chi connectivity index (χ1) is 6.62. The Morgan fingerprint density at radius 2 is 1.80 bits per heavy atom. The predicted octanol–water partition coefficient (Wildman–Crippen LogP) is 2.28. The molecule has 0 bridgehead atoms. The second kappa shape index (κ2) is 3.77. The summed E-state index contributed by atoms with van der Waals surface area (Å²) in [5, 5.41) is 5.42. The Balaban J connectivity index is 3.34. The molecule has 0 fully saturated rings. The van der Waals surface area contributed by atoms with Gasteiger partial charge in [0, 0.05) is 5.02 Å². The summed E-state index contributed by atoms with van der Waals surface area (Å²) in [7, 11) is -3.67. The lowest BCUT2D eigenvalue weighted by Crippen LogP contribution is -2.15. The van der Waals surface area contributed by atoms with Crippen molar-refractivity contribution in [3.05, 3.63) is 28.8 Å². The summed E-state index contributed by atoms with van der Waals surface area (Å²) in [5.41, 5.74) is 0.783. The molecule has 1 rings (SSSR count). The minimum atomic E-state index is -3.67. The highest BCUT2D eigenvalue weighted by molar-refractivity contribution is 7.89. The molecule has 0 aliphatic rings. The van der Waals surface area contributed by atoms with Crippen molar-refractivity contribution in [1.82, 2.24) is 0 Å². The molecule has 0 unspecified atom stereocenters. The molecule has 0 atom stereocenters. The summed E-state index contributed by atoms with van der Waals surface area (Å²) in [4.78, 5) is 0.0421. The maximum absolute atomic E-state index is 11.1. The van der Waals surface area contributed by atoms with Gasteiger partial charge in [0.25, 0.3) is 0 Å². The summed E-state index contributed by atoms with van der Waals surface area (Å²) >= 11 is 6.00. The summed E-state index contributed by atoms with van der Waals surface area (Å²) in [6.45, 7) is 6.01. The lowest BCUT2D eigenvalue weighted by Gasteiger charge is -2.20. The summed E-state index contributed by atoms with van der Waals surface area (Å²) in [6.07, 6.45) is 0. The van der Waals surface area contributed by atoms with Crippen LogP contribution in [0, 0.1) is 0 Å². The van der Waals surface area contributed by atoms with Crippen LogP contribution in [0.2, 0.25) is 5.02 Å². The van der Waals surface area contributed by atoms with E-state index in [4.69, 9.17) is 16.7 Å². The quantitative estimate of drug-likeness (QED) is 0.828. The van der Waals surface area contributed by atoms with E-state index < -0.39 is 10.0 Å². The van der Waals surface area contributed by atoms with E-state index in [1.807, 2.05) is 20.8 Å². The second-order valence-electron chi connectivity index (χ2n) is 4.44. The van der Waals surface area contributed by atoms with Crippen LogP contribution in [0.4, 0.5) is 0 Å². The molecule has 1 aromatic carbocycles. The van der Waals surface area contributed by atoms with Crippen LogP contribution in [-0.4, -0.2) is 8.42 Å². The average Bonchev–Trinajstić information content (AvgIpc) is 1.99. The molecule has 84 valence electrons. The first-order valence-electron chi connectivity index (χ1n) is 4.45. The van der Waals surface area contributed by atoms with Gasteiger partial charge in [-0.25, -0.2) is 13.6 Å². The number of sulfonamides is 1. The summed E-state index contributed by atoms with van der Waals surface area (Å²) in [6, 6.07) is 4.56. The molecule has 0 aromatic heterocycles. The van der Waals surface area contributed by atoms with Crippen LogP contribution >= 0.6 is 11.6 Å². The van der Waals surface area contributed by atoms with Crippen molar-refractivity contribution in [2.75, 3.05) is 0 Å². The SMILES string of the molecule is CC(C)(C)c1ccc(S(N)(=O)=O)cc1Cl. The number of primary sulfonamides is 1. The van der Waals surface area contributed by atoms with E-state index >= 15 is 0 Å². The number of nitrogens with two attached hydrogens (primary N) is 1. The average molecular weight is 248 g/mol. The van der Waals surface area contributed by atoms with E-state index in [2.05, 4.69) is 0 Å². The predicted molar refractivity (Wildman–Crippen MR) is 61.5 cm³/mol. The highest BCUT2D eigenvalue weighted by atomic mass is 35.5. The largest absolute Gasteiger partial charge is 0.238 e. The second-order valence-corrected chi connectivity index (χ2v) is 6.41. The van der Waals surface area contributed by atoms with E-state index in [9.17, 15) is 8.42 Å². The summed E-state index contributed by atoms with van der Waals surface area (Å²) in [5.74, 6) is 0. The van der Waals surface area contributed by atoms with Gasteiger partial charge < -0.3 is 0 Å².